The lowest BCUT2D eigenvalue weighted by atomic mass is 9.74. The van der Waals surface area contributed by atoms with E-state index >= 15 is 0 Å². The highest BCUT2D eigenvalue weighted by Crippen LogP contribution is 2.41. The summed E-state index contributed by atoms with van der Waals surface area (Å²) in [6.45, 7) is 18.8. The van der Waals surface area contributed by atoms with E-state index in [4.69, 9.17) is 33.2 Å². The Morgan fingerprint density at radius 2 is 1.27 bits per heavy atom. The van der Waals surface area contributed by atoms with Crippen LogP contribution in [-0.2, 0) is 47.5 Å². The molecule has 3 aliphatic heterocycles. The molecule has 3 rings (SSSR count). The third kappa shape index (κ3) is 17.7. The number of esters is 2. The summed E-state index contributed by atoms with van der Waals surface area (Å²) in [6.07, 6.45) is 8.66. The molecular weight excluding hydrogens is 899 g/mol. The Morgan fingerprint density at radius 1 is 0.729 bits per heavy atom. The third-order valence-electron chi connectivity index (χ3n) is 16.0. The van der Waals surface area contributed by atoms with Crippen LogP contribution in [0.5, 0.6) is 0 Å². The van der Waals surface area contributed by atoms with Gasteiger partial charge in [0.05, 0.1) is 53.7 Å². The van der Waals surface area contributed by atoms with Gasteiger partial charge in [-0.05, 0) is 81.3 Å². The minimum Gasteiger partial charge on any atom is -0.459 e. The van der Waals surface area contributed by atoms with Crippen molar-refractivity contribution in [3.63, 3.8) is 0 Å². The molecule has 18 atom stereocenters. The molecule has 15 heteroatoms. The summed E-state index contributed by atoms with van der Waals surface area (Å²) in [6, 6.07) is -0.324. The molecule has 0 bridgehead atoms. The molecule has 8 unspecified atom stereocenters. The molecule has 0 saturated carbocycles. The molecule has 3 saturated heterocycles. The molecular formula is C55H101NO14. The lowest BCUT2D eigenvalue weighted by Crippen LogP contribution is -2.61. The summed E-state index contributed by atoms with van der Waals surface area (Å²) >= 11 is 0. The number of nitrogens with zero attached hydrogens (tertiary/aromatic N) is 1. The number of Topliss-reactive ketones (excluding diaryl/α,β-unsaturated/α-hetero) is 1. The minimum absolute atomic E-state index is 0.0783. The van der Waals surface area contributed by atoms with E-state index in [9.17, 15) is 34.8 Å². The van der Waals surface area contributed by atoms with Gasteiger partial charge < -0.3 is 58.5 Å². The van der Waals surface area contributed by atoms with E-state index in [0.29, 0.717) is 12.8 Å². The number of carbonyl (C=O) groups is 3. The fraction of sp³-hybridized carbons (Fsp3) is 0.945. The third-order valence-corrected chi connectivity index (χ3v) is 16.0. The van der Waals surface area contributed by atoms with Gasteiger partial charge in [0, 0.05) is 37.7 Å². The van der Waals surface area contributed by atoms with E-state index in [2.05, 4.69) is 6.92 Å². The van der Waals surface area contributed by atoms with Gasteiger partial charge in [-0.25, -0.2) is 0 Å². The van der Waals surface area contributed by atoms with Gasteiger partial charge in [0.2, 0.25) is 0 Å². The van der Waals surface area contributed by atoms with Crippen LogP contribution in [0.1, 0.15) is 205 Å². The molecule has 0 aromatic rings. The van der Waals surface area contributed by atoms with Gasteiger partial charge in [-0.3, -0.25) is 14.4 Å². The zero-order chi connectivity index (χ0) is 52.6. The second-order valence-electron chi connectivity index (χ2n) is 22.6. The minimum atomic E-state index is -2.02. The first-order valence-electron chi connectivity index (χ1n) is 27.4. The van der Waals surface area contributed by atoms with Crippen molar-refractivity contribution < 1.29 is 68.0 Å². The van der Waals surface area contributed by atoms with Crippen molar-refractivity contribution in [2.24, 2.45) is 23.7 Å². The van der Waals surface area contributed by atoms with Gasteiger partial charge in [0.1, 0.15) is 23.6 Å². The maximum Gasteiger partial charge on any atom is 0.311 e. The first-order chi connectivity index (χ1) is 32.9. The van der Waals surface area contributed by atoms with Gasteiger partial charge >= 0.3 is 11.9 Å². The Bertz CT molecular complexity index is 1540. The van der Waals surface area contributed by atoms with Crippen molar-refractivity contribution in [2.75, 3.05) is 21.2 Å². The summed E-state index contributed by atoms with van der Waals surface area (Å²) < 4.78 is 44.7. The van der Waals surface area contributed by atoms with Crippen molar-refractivity contribution >= 4 is 17.7 Å². The smallest absolute Gasteiger partial charge is 0.311 e. The number of ether oxygens (including phenoxy) is 7. The van der Waals surface area contributed by atoms with Crippen LogP contribution in [0.2, 0.25) is 0 Å². The predicted molar refractivity (Wildman–Crippen MR) is 270 cm³/mol. The van der Waals surface area contributed by atoms with Crippen LogP contribution in [0.15, 0.2) is 0 Å². The zero-order valence-corrected chi connectivity index (χ0v) is 46.1. The number of hydrogen-bond acceptors (Lipinski definition) is 15. The van der Waals surface area contributed by atoms with Crippen molar-refractivity contribution in [3.8, 4) is 0 Å². The Hall–Kier alpha value is -1.79. The number of likely N-dealkylation sites (N-methyl/N-ethyl adjacent to an activating group) is 1. The second kappa shape index (κ2) is 29.3. The highest BCUT2D eigenvalue weighted by molar-refractivity contribution is 5.83. The quantitative estimate of drug-likeness (QED) is 0.0529. The van der Waals surface area contributed by atoms with Gasteiger partial charge in [-0.1, -0.05) is 125 Å². The number of unbranched alkanes of at least 4 members (excludes halogenated alkanes) is 14. The second-order valence-corrected chi connectivity index (χ2v) is 22.6. The summed E-state index contributed by atoms with van der Waals surface area (Å²) in [5.74, 6) is -5.49. The van der Waals surface area contributed by atoms with Gasteiger partial charge in [0.15, 0.2) is 18.7 Å². The topological polar surface area (TPSA) is 200 Å². The molecule has 0 radical (unpaired) electrons. The zero-order valence-electron chi connectivity index (χ0n) is 46.1. The van der Waals surface area contributed by atoms with Gasteiger partial charge in [-0.2, -0.15) is 0 Å². The number of carbonyl (C=O) groups excluding carboxylic acids is 3. The van der Waals surface area contributed by atoms with Crippen molar-refractivity contribution in [2.45, 2.75) is 289 Å². The number of aliphatic hydroxyl groups is 4. The highest BCUT2D eigenvalue weighted by Gasteiger charge is 2.54. The van der Waals surface area contributed by atoms with Gasteiger partial charge in [0.25, 0.3) is 0 Å². The van der Waals surface area contributed by atoms with Crippen LogP contribution >= 0.6 is 0 Å². The number of cyclic esters (lactones) is 1. The summed E-state index contributed by atoms with van der Waals surface area (Å²) in [5, 5.41) is 47.2. The van der Waals surface area contributed by atoms with Crippen molar-refractivity contribution in [1.82, 2.24) is 4.90 Å². The Kier molecular flexibility index (Phi) is 26.2. The van der Waals surface area contributed by atoms with Crippen LogP contribution in [0.4, 0.5) is 0 Å². The molecule has 3 heterocycles. The summed E-state index contributed by atoms with van der Waals surface area (Å²) in [5.41, 5.74) is -4.95. The number of ketones is 1. The Balaban J connectivity index is 1.92. The summed E-state index contributed by atoms with van der Waals surface area (Å²) in [4.78, 5) is 44.3. The SMILES string of the molecule is CCCCCCCCCCCCCCCCCC(=O)OC1C(O[C@@H]2[C@@H](C)[C@H](OC3CC(C)(OC)C(O)C(C)O3)[C@@H](C)C(=O)O[C@H](CC)[C@@](C)(O)[C@H](O)[C@@H](C)C(=O)[C@H](C)C[C@@]2(C)O)OC(C)CC1N(C)C. The molecule has 3 aliphatic rings. The molecule has 0 aromatic heterocycles. The lowest BCUT2D eigenvalue weighted by Gasteiger charge is -2.49. The monoisotopic (exact) mass is 1000 g/mol. The van der Waals surface area contributed by atoms with E-state index in [1.165, 1.54) is 91.6 Å². The fourth-order valence-electron chi connectivity index (χ4n) is 11.4. The van der Waals surface area contributed by atoms with E-state index in [0.717, 1.165) is 19.3 Å². The highest BCUT2D eigenvalue weighted by atomic mass is 16.7. The number of rotatable bonds is 24. The molecule has 0 amide bonds. The van der Waals surface area contributed by atoms with Crippen LogP contribution < -0.4 is 0 Å². The van der Waals surface area contributed by atoms with E-state index < -0.39 is 108 Å². The van der Waals surface area contributed by atoms with E-state index in [-0.39, 0.29) is 43.8 Å². The molecule has 4 N–H and O–H groups in total. The maximum absolute atomic E-state index is 14.4. The van der Waals surface area contributed by atoms with E-state index in [1.807, 2.05) is 25.9 Å². The van der Waals surface area contributed by atoms with Crippen molar-refractivity contribution in [3.05, 3.63) is 0 Å². The molecule has 70 heavy (non-hydrogen) atoms. The molecule has 15 nitrogen and oxygen atoms in total. The van der Waals surface area contributed by atoms with E-state index in [1.54, 1.807) is 48.5 Å². The number of aliphatic hydroxyl groups excluding tert-OH is 2. The predicted octanol–water partition coefficient (Wildman–Crippen LogP) is 8.60. The summed E-state index contributed by atoms with van der Waals surface area (Å²) in [7, 11) is 5.31. The molecule has 0 aliphatic carbocycles. The average molecular weight is 1000 g/mol. The van der Waals surface area contributed by atoms with Crippen LogP contribution in [0, 0.1) is 23.7 Å². The normalized spacial score (nSPS) is 39.4. The number of hydrogen-bond donors (Lipinski definition) is 4. The molecule has 410 valence electrons. The first-order valence-corrected chi connectivity index (χ1v) is 27.4. The number of methoxy groups -OCH3 is 1. The largest absolute Gasteiger partial charge is 0.459 e. The molecule has 0 spiro atoms. The van der Waals surface area contributed by atoms with Crippen LogP contribution in [-0.4, -0.2) is 149 Å². The molecule has 3 fully saturated rings. The van der Waals surface area contributed by atoms with Crippen LogP contribution in [0.3, 0.4) is 0 Å². The lowest BCUT2D eigenvalue weighted by molar-refractivity contribution is -0.319. The standard InChI is InChI=1S/C55H101NO14/c1-15-17-18-19-20-21-22-23-24-25-26-27-28-29-30-31-43(57)68-47-41(56(12)13)32-36(4)65-52(47)70-50-38(6)46(69-44-34-54(10,64-14)49(60)40(8)66-44)39(7)51(61)67-42(16-2)55(11,63)48(59)37(5)45(58)35(3)33-53(50,9)62/h35-42,44,46-50,52,59-60,62-63H,15-34H2,1-14H3/t35-,36?,37+,38+,39-,40?,41?,42-,44?,46+,47?,48-,49?,50-,52?,53-,54?,55-/m1/s1. The Labute approximate surface area is 423 Å². The van der Waals surface area contributed by atoms with Gasteiger partial charge in [-0.15, -0.1) is 0 Å². The average Bonchev–Trinajstić information content (AvgIpc) is 3.30. The van der Waals surface area contributed by atoms with Crippen LogP contribution in [0.25, 0.3) is 0 Å². The Morgan fingerprint density at radius 3 is 1.79 bits per heavy atom. The maximum atomic E-state index is 14.4. The van der Waals surface area contributed by atoms with Crippen molar-refractivity contribution in [1.29, 1.82) is 0 Å². The fourth-order valence-corrected chi connectivity index (χ4v) is 11.4. The molecule has 0 aromatic carbocycles. The first kappa shape index (κ1) is 62.5.